The van der Waals surface area contributed by atoms with E-state index in [2.05, 4.69) is 20.9 Å². The van der Waals surface area contributed by atoms with Crippen molar-refractivity contribution in [2.24, 2.45) is 0 Å². The van der Waals surface area contributed by atoms with Crippen LogP contribution in [0, 0.1) is 0 Å². The van der Waals surface area contributed by atoms with E-state index < -0.39 is 0 Å². The molecule has 19 heavy (non-hydrogen) atoms. The maximum atomic E-state index is 11.6. The monoisotopic (exact) mass is 261 g/mol. The van der Waals surface area contributed by atoms with Gasteiger partial charge in [-0.15, -0.1) is 0 Å². The van der Waals surface area contributed by atoms with Gasteiger partial charge < -0.3 is 14.5 Å². The molecule has 0 atom stereocenters. The number of pyridine rings is 1. The van der Waals surface area contributed by atoms with Gasteiger partial charge in [0.2, 0.25) is 0 Å². The summed E-state index contributed by atoms with van der Waals surface area (Å²) in [4.78, 5) is 20.6. The summed E-state index contributed by atoms with van der Waals surface area (Å²) < 4.78 is 5.37. The molecule has 3 heterocycles. The molecule has 1 aromatic rings. The van der Waals surface area contributed by atoms with E-state index in [0.717, 1.165) is 50.9 Å². The number of hydrogen-bond acceptors (Lipinski definition) is 5. The molecule has 0 spiro atoms. The number of Topliss-reactive ketones (excluding diaryl/α,β-unsaturated/α-hetero) is 1. The fourth-order valence-corrected chi connectivity index (χ4v) is 2.39. The van der Waals surface area contributed by atoms with E-state index in [1.165, 1.54) is 6.42 Å². The zero-order chi connectivity index (χ0) is 13.2. The minimum atomic E-state index is 0.0249. The van der Waals surface area contributed by atoms with Crippen LogP contribution >= 0.6 is 0 Å². The molecular weight excluding hydrogens is 242 g/mol. The van der Waals surface area contributed by atoms with Gasteiger partial charge in [-0.3, -0.25) is 4.79 Å². The van der Waals surface area contributed by atoms with Crippen LogP contribution in [0.4, 0.5) is 11.5 Å². The van der Waals surface area contributed by atoms with Gasteiger partial charge in [0.25, 0.3) is 0 Å². The zero-order valence-electron chi connectivity index (χ0n) is 11.3. The third-order valence-corrected chi connectivity index (χ3v) is 3.71. The Bertz CT molecular complexity index is 480. The van der Waals surface area contributed by atoms with Gasteiger partial charge in [0.1, 0.15) is 11.5 Å². The molecule has 2 aliphatic rings. The number of carbonyl (C=O) groups excluding carboxylic acids is 1. The molecule has 0 radical (unpaired) electrons. The Kier molecular flexibility index (Phi) is 3.38. The molecule has 102 valence electrons. The highest BCUT2D eigenvalue weighted by Gasteiger charge is 2.20. The predicted octanol–water partition coefficient (Wildman–Crippen LogP) is 1.33. The summed E-state index contributed by atoms with van der Waals surface area (Å²) in [6.07, 6.45) is 1.21. The summed E-state index contributed by atoms with van der Waals surface area (Å²) in [6.45, 7) is 6.90. The number of aromatic nitrogens is 1. The minimum Gasteiger partial charge on any atom is -0.378 e. The van der Waals surface area contributed by atoms with Crippen molar-refractivity contribution in [1.82, 2.24) is 4.98 Å². The molecule has 0 bridgehead atoms. The van der Waals surface area contributed by atoms with Crippen LogP contribution in [-0.4, -0.2) is 50.2 Å². The van der Waals surface area contributed by atoms with Gasteiger partial charge in [-0.25, -0.2) is 4.98 Å². The van der Waals surface area contributed by atoms with Gasteiger partial charge in [-0.1, -0.05) is 0 Å². The van der Waals surface area contributed by atoms with Crippen LogP contribution in [0.25, 0.3) is 0 Å². The number of rotatable bonds is 3. The SMILES string of the molecule is CC(=O)c1cc(N2CCOCC2)cc(N2CCC2)n1. The van der Waals surface area contributed by atoms with Crippen molar-refractivity contribution in [2.75, 3.05) is 49.2 Å². The topological polar surface area (TPSA) is 45.7 Å². The van der Waals surface area contributed by atoms with Gasteiger partial charge in [-0.05, 0) is 12.5 Å². The maximum absolute atomic E-state index is 11.6. The molecule has 0 N–H and O–H groups in total. The van der Waals surface area contributed by atoms with Crippen molar-refractivity contribution in [1.29, 1.82) is 0 Å². The number of carbonyl (C=O) groups is 1. The van der Waals surface area contributed by atoms with Gasteiger partial charge in [0.15, 0.2) is 5.78 Å². The average molecular weight is 261 g/mol. The minimum absolute atomic E-state index is 0.0249. The second kappa shape index (κ2) is 5.17. The molecule has 5 heteroatoms. The molecule has 2 fully saturated rings. The number of nitrogens with zero attached hydrogens (tertiary/aromatic N) is 3. The molecule has 5 nitrogen and oxygen atoms in total. The standard InChI is InChI=1S/C14H19N3O2/c1-11(18)13-9-12(16-5-7-19-8-6-16)10-14(15-13)17-3-2-4-17/h9-10H,2-8H2,1H3. The summed E-state index contributed by atoms with van der Waals surface area (Å²) in [5.74, 6) is 0.956. The van der Waals surface area contributed by atoms with Gasteiger partial charge >= 0.3 is 0 Å². The van der Waals surface area contributed by atoms with Crippen molar-refractivity contribution in [3.8, 4) is 0 Å². The molecule has 0 saturated carbocycles. The molecule has 1 aromatic heterocycles. The molecule has 3 rings (SSSR count). The second-order valence-corrected chi connectivity index (χ2v) is 5.06. The van der Waals surface area contributed by atoms with E-state index in [-0.39, 0.29) is 5.78 Å². The zero-order valence-corrected chi connectivity index (χ0v) is 11.3. The Hall–Kier alpha value is -1.62. The normalized spacial score (nSPS) is 19.2. The van der Waals surface area contributed by atoms with Crippen LogP contribution in [0.3, 0.4) is 0 Å². The Labute approximate surface area is 113 Å². The Morgan fingerprint density at radius 1 is 1.16 bits per heavy atom. The van der Waals surface area contributed by atoms with E-state index in [0.29, 0.717) is 5.69 Å². The largest absolute Gasteiger partial charge is 0.378 e. The first-order valence-electron chi connectivity index (χ1n) is 6.85. The van der Waals surface area contributed by atoms with E-state index in [1.54, 1.807) is 6.92 Å². The highest BCUT2D eigenvalue weighted by Crippen LogP contribution is 2.26. The maximum Gasteiger partial charge on any atom is 0.178 e. The van der Waals surface area contributed by atoms with Crippen LogP contribution in [0.15, 0.2) is 12.1 Å². The first-order chi connectivity index (χ1) is 9.24. The van der Waals surface area contributed by atoms with Gasteiger partial charge in [0.05, 0.1) is 13.2 Å². The second-order valence-electron chi connectivity index (χ2n) is 5.06. The summed E-state index contributed by atoms with van der Waals surface area (Å²) in [5, 5.41) is 0. The van der Waals surface area contributed by atoms with E-state index in [9.17, 15) is 4.79 Å². The summed E-state index contributed by atoms with van der Waals surface area (Å²) >= 11 is 0. The fourth-order valence-electron chi connectivity index (χ4n) is 2.39. The van der Waals surface area contributed by atoms with Crippen LogP contribution < -0.4 is 9.80 Å². The van der Waals surface area contributed by atoms with Crippen molar-refractivity contribution < 1.29 is 9.53 Å². The number of hydrogen-bond donors (Lipinski definition) is 0. The van der Waals surface area contributed by atoms with Crippen molar-refractivity contribution >= 4 is 17.3 Å². The lowest BCUT2D eigenvalue weighted by Gasteiger charge is -2.34. The van der Waals surface area contributed by atoms with Gasteiger partial charge in [0, 0.05) is 44.9 Å². The number of ether oxygens (including phenoxy) is 1. The Balaban J connectivity index is 1.92. The molecule has 0 aromatic carbocycles. The quantitative estimate of drug-likeness (QED) is 0.768. The Morgan fingerprint density at radius 3 is 2.47 bits per heavy atom. The number of ketones is 1. The highest BCUT2D eigenvalue weighted by atomic mass is 16.5. The van der Waals surface area contributed by atoms with Gasteiger partial charge in [-0.2, -0.15) is 0 Å². The third kappa shape index (κ3) is 2.56. The first kappa shape index (κ1) is 12.4. The van der Waals surface area contributed by atoms with E-state index >= 15 is 0 Å². The molecule has 2 aliphatic heterocycles. The van der Waals surface area contributed by atoms with Crippen molar-refractivity contribution in [2.45, 2.75) is 13.3 Å². The van der Waals surface area contributed by atoms with Crippen LogP contribution in [0.1, 0.15) is 23.8 Å². The lowest BCUT2D eigenvalue weighted by molar-refractivity contribution is 0.101. The number of morpholine rings is 1. The molecular formula is C14H19N3O2. The van der Waals surface area contributed by atoms with E-state index in [1.807, 2.05) is 6.07 Å². The van der Waals surface area contributed by atoms with Crippen LogP contribution in [0.2, 0.25) is 0 Å². The third-order valence-electron chi connectivity index (χ3n) is 3.71. The molecule has 0 amide bonds. The Morgan fingerprint density at radius 2 is 1.89 bits per heavy atom. The smallest absolute Gasteiger partial charge is 0.178 e. The molecule has 0 aliphatic carbocycles. The lowest BCUT2D eigenvalue weighted by Crippen LogP contribution is -2.39. The van der Waals surface area contributed by atoms with Crippen LogP contribution in [0.5, 0.6) is 0 Å². The van der Waals surface area contributed by atoms with Crippen molar-refractivity contribution in [3.05, 3.63) is 17.8 Å². The lowest BCUT2D eigenvalue weighted by atomic mass is 10.2. The summed E-state index contributed by atoms with van der Waals surface area (Å²) in [6, 6.07) is 3.99. The number of anilines is 2. The van der Waals surface area contributed by atoms with Crippen LogP contribution in [-0.2, 0) is 4.74 Å². The summed E-state index contributed by atoms with van der Waals surface area (Å²) in [5.41, 5.74) is 1.65. The first-order valence-corrected chi connectivity index (χ1v) is 6.85. The molecule has 0 unspecified atom stereocenters. The highest BCUT2D eigenvalue weighted by molar-refractivity contribution is 5.93. The van der Waals surface area contributed by atoms with Crippen molar-refractivity contribution in [3.63, 3.8) is 0 Å². The fraction of sp³-hybridized carbons (Fsp3) is 0.571. The average Bonchev–Trinajstić information content (AvgIpc) is 2.37. The van der Waals surface area contributed by atoms with E-state index in [4.69, 9.17) is 4.74 Å². The molecule has 2 saturated heterocycles. The summed E-state index contributed by atoms with van der Waals surface area (Å²) in [7, 11) is 0. The predicted molar refractivity (Wildman–Crippen MR) is 74.1 cm³/mol.